The zero-order chi connectivity index (χ0) is 19.0. The molecule has 2 bridgehead atoms. The molecule has 6 heteroatoms. The van der Waals surface area contributed by atoms with Gasteiger partial charge in [-0.15, -0.1) is 0 Å². The van der Waals surface area contributed by atoms with Crippen LogP contribution in [0.1, 0.15) is 33.6 Å². The molecule has 0 radical (unpaired) electrons. The summed E-state index contributed by atoms with van der Waals surface area (Å²) in [5.41, 5.74) is 2.07. The molecular formula is C20H22O6. The molecule has 26 heavy (non-hydrogen) atoms. The summed E-state index contributed by atoms with van der Waals surface area (Å²) in [6.07, 6.45) is 4.26. The fourth-order valence-corrected chi connectivity index (χ4v) is 3.44. The van der Waals surface area contributed by atoms with Gasteiger partial charge in [-0.3, -0.25) is 0 Å². The summed E-state index contributed by atoms with van der Waals surface area (Å²) < 4.78 is 16.5. The van der Waals surface area contributed by atoms with Crippen molar-refractivity contribution in [1.29, 1.82) is 0 Å². The average molecular weight is 358 g/mol. The number of fused-ring (bicyclic) bond motifs is 2. The average Bonchev–Trinajstić information content (AvgIpc) is 3.04. The number of carbonyl (C=O) groups is 3. The highest BCUT2D eigenvalue weighted by atomic mass is 16.6. The first-order chi connectivity index (χ1) is 12.3. The van der Waals surface area contributed by atoms with Crippen molar-refractivity contribution >= 4 is 17.9 Å². The normalized spacial score (nSPS) is 33.5. The number of hydrogen-bond acceptors (Lipinski definition) is 6. The summed E-state index contributed by atoms with van der Waals surface area (Å²) in [5.74, 6) is -1.96. The van der Waals surface area contributed by atoms with Crippen LogP contribution in [-0.4, -0.2) is 36.2 Å². The number of rotatable bonds is 2. The van der Waals surface area contributed by atoms with Gasteiger partial charge in [-0.05, 0) is 32.9 Å². The molecule has 0 aromatic rings. The largest absolute Gasteiger partial charge is 0.458 e. The van der Waals surface area contributed by atoms with Crippen LogP contribution in [0.2, 0.25) is 0 Å². The van der Waals surface area contributed by atoms with Crippen molar-refractivity contribution in [2.45, 2.75) is 51.9 Å². The highest BCUT2D eigenvalue weighted by Crippen LogP contribution is 2.38. The van der Waals surface area contributed by atoms with E-state index < -0.39 is 36.0 Å². The van der Waals surface area contributed by atoms with E-state index in [1.165, 1.54) is 0 Å². The molecule has 0 aromatic heterocycles. The molecule has 2 heterocycles. The van der Waals surface area contributed by atoms with Crippen LogP contribution in [0.25, 0.3) is 0 Å². The minimum atomic E-state index is -0.749. The Bertz CT molecular complexity index is 769. The summed E-state index contributed by atoms with van der Waals surface area (Å²) in [5, 5.41) is 0. The minimum absolute atomic E-state index is 0.155. The standard InChI is InChI=1S/C20H22O6/c1-5-11(3)18(21)25-16-9-13-8-14(24-20(13)23)6-10(2)7-15-17(16)12(4)19(22)26-15/h5,7-8,14-17H,4,6,9H2,1-3H3/b10-7-,11-5+. The number of hydrogen-bond donors (Lipinski definition) is 0. The number of allylic oxidation sites excluding steroid dienone is 1. The second-order valence-electron chi connectivity index (χ2n) is 6.89. The van der Waals surface area contributed by atoms with Crippen molar-refractivity contribution in [1.82, 2.24) is 0 Å². The summed E-state index contributed by atoms with van der Waals surface area (Å²) in [7, 11) is 0. The van der Waals surface area contributed by atoms with Crippen LogP contribution in [0.5, 0.6) is 0 Å². The van der Waals surface area contributed by atoms with Crippen molar-refractivity contribution in [3.05, 3.63) is 47.1 Å². The van der Waals surface area contributed by atoms with E-state index in [0.29, 0.717) is 17.6 Å². The van der Waals surface area contributed by atoms with Gasteiger partial charge in [0.15, 0.2) is 0 Å². The maximum Gasteiger partial charge on any atom is 0.334 e. The van der Waals surface area contributed by atoms with Crippen LogP contribution in [0.4, 0.5) is 0 Å². The van der Waals surface area contributed by atoms with Crippen molar-refractivity contribution in [3.63, 3.8) is 0 Å². The highest BCUT2D eigenvalue weighted by molar-refractivity contribution is 5.93. The summed E-state index contributed by atoms with van der Waals surface area (Å²) in [6.45, 7) is 9.10. The molecule has 138 valence electrons. The van der Waals surface area contributed by atoms with Crippen LogP contribution >= 0.6 is 0 Å². The van der Waals surface area contributed by atoms with Crippen molar-refractivity contribution in [2.24, 2.45) is 5.92 Å². The van der Waals surface area contributed by atoms with Gasteiger partial charge in [0.2, 0.25) is 0 Å². The van der Waals surface area contributed by atoms with Gasteiger partial charge >= 0.3 is 17.9 Å². The first-order valence-corrected chi connectivity index (χ1v) is 8.62. The molecule has 3 rings (SSSR count). The third kappa shape index (κ3) is 3.36. The maximum absolute atomic E-state index is 12.3. The lowest BCUT2D eigenvalue weighted by Crippen LogP contribution is -2.34. The van der Waals surface area contributed by atoms with Crippen LogP contribution in [-0.2, 0) is 28.6 Å². The minimum Gasteiger partial charge on any atom is -0.458 e. The topological polar surface area (TPSA) is 78.9 Å². The van der Waals surface area contributed by atoms with E-state index in [1.807, 2.05) is 13.0 Å². The van der Waals surface area contributed by atoms with Crippen LogP contribution in [0.15, 0.2) is 47.1 Å². The van der Waals surface area contributed by atoms with Gasteiger partial charge in [0.1, 0.15) is 18.3 Å². The van der Waals surface area contributed by atoms with Gasteiger partial charge in [-0.2, -0.15) is 0 Å². The Morgan fingerprint density at radius 2 is 1.96 bits per heavy atom. The Kier molecular flexibility index (Phi) is 4.85. The van der Waals surface area contributed by atoms with E-state index >= 15 is 0 Å². The van der Waals surface area contributed by atoms with Crippen LogP contribution in [0.3, 0.4) is 0 Å². The Morgan fingerprint density at radius 1 is 1.23 bits per heavy atom. The molecule has 1 saturated heterocycles. The third-order valence-corrected chi connectivity index (χ3v) is 4.98. The fraction of sp³-hybridized carbons (Fsp3) is 0.450. The number of carbonyl (C=O) groups excluding carboxylic acids is 3. The molecule has 1 aliphatic carbocycles. The Morgan fingerprint density at radius 3 is 2.65 bits per heavy atom. The quantitative estimate of drug-likeness (QED) is 0.327. The highest BCUT2D eigenvalue weighted by Gasteiger charge is 2.46. The molecule has 1 fully saturated rings. The monoisotopic (exact) mass is 358 g/mol. The molecule has 4 atom stereocenters. The lowest BCUT2D eigenvalue weighted by Gasteiger charge is -2.26. The lowest BCUT2D eigenvalue weighted by molar-refractivity contribution is -0.148. The molecule has 6 nitrogen and oxygen atoms in total. The lowest BCUT2D eigenvalue weighted by atomic mass is 9.85. The van der Waals surface area contributed by atoms with Gasteiger partial charge in [0.05, 0.1) is 5.92 Å². The summed E-state index contributed by atoms with van der Waals surface area (Å²) in [6, 6.07) is 0. The first-order valence-electron chi connectivity index (χ1n) is 8.62. The SMILES string of the molecule is C=C1C(=O)OC2/C=C(/C)CC3C=C(CC(OC(=O)/C(C)=C/C)C12)C(=O)O3. The second-order valence-corrected chi connectivity index (χ2v) is 6.89. The van der Waals surface area contributed by atoms with Crippen LogP contribution < -0.4 is 0 Å². The Hall–Kier alpha value is -2.63. The Balaban J connectivity index is 2.00. The van der Waals surface area contributed by atoms with E-state index in [4.69, 9.17) is 14.2 Å². The zero-order valence-corrected chi connectivity index (χ0v) is 15.1. The molecular weight excluding hydrogens is 336 g/mol. The third-order valence-electron chi connectivity index (χ3n) is 4.98. The van der Waals surface area contributed by atoms with Gasteiger partial charge < -0.3 is 14.2 Å². The molecule has 0 aromatic carbocycles. The van der Waals surface area contributed by atoms with E-state index in [1.54, 1.807) is 26.0 Å². The second kappa shape index (κ2) is 6.94. The van der Waals surface area contributed by atoms with E-state index in [-0.39, 0.29) is 18.1 Å². The molecule has 0 spiro atoms. The van der Waals surface area contributed by atoms with Gasteiger partial charge in [0.25, 0.3) is 0 Å². The molecule has 4 unspecified atom stereocenters. The molecule has 0 N–H and O–H groups in total. The van der Waals surface area contributed by atoms with Crippen molar-refractivity contribution in [3.8, 4) is 0 Å². The fourth-order valence-electron chi connectivity index (χ4n) is 3.44. The Labute approximate surface area is 152 Å². The van der Waals surface area contributed by atoms with Crippen molar-refractivity contribution < 1.29 is 28.6 Å². The smallest absolute Gasteiger partial charge is 0.334 e. The zero-order valence-electron chi connectivity index (χ0n) is 15.1. The predicted octanol–water partition coefficient (Wildman–Crippen LogP) is 2.55. The molecule has 3 aliphatic rings. The maximum atomic E-state index is 12.3. The van der Waals surface area contributed by atoms with Gasteiger partial charge in [-0.25, -0.2) is 14.4 Å². The van der Waals surface area contributed by atoms with Crippen LogP contribution in [0, 0.1) is 5.92 Å². The molecule has 2 aliphatic heterocycles. The number of esters is 3. The summed E-state index contributed by atoms with van der Waals surface area (Å²) >= 11 is 0. The molecule has 0 amide bonds. The summed E-state index contributed by atoms with van der Waals surface area (Å²) in [4.78, 5) is 36.6. The van der Waals surface area contributed by atoms with E-state index in [2.05, 4.69) is 6.58 Å². The van der Waals surface area contributed by atoms with E-state index in [0.717, 1.165) is 5.57 Å². The van der Waals surface area contributed by atoms with E-state index in [9.17, 15) is 14.4 Å². The van der Waals surface area contributed by atoms with Crippen molar-refractivity contribution in [2.75, 3.05) is 0 Å². The van der Waals surface area contributed by atoms with Gasteiger partial charge in [-0.1, -0.05) is 18.2 Å². The number of ether oxygens (including phenoxy) is 3. The first kappa shape index (κ1) is 18.2. The van der Waals surface area contributed by atoms with Gasteiger partial charge in [0, 0.05) is 29.6 Å². The predicted molar refractivity (Wildman–Crippen MR) is 92.8 cm³/mol. The molecule has 0 saturated carbocycles.